The molecule has 160 valence electrons. The summed E-state index contributed by atoms with van der Waals surface area (Å²) in [5.74, 6) is -2.16. The van der Waals surface area contributed by atoms with Gasteiger partial charge < -0.3 is 20.1 Å². The van der Waals surface area contributed by atoms with E-state index in [1.54, 1.807) is 56.3 Å². The lowest BCUT2D eigenvalue weighted by molar-refractivity contribution is -0.151. The van der Waals surface area contributed by atoms with Gasteiger partial charge in [-0.1, -0.05) is 44.2 Å². The van der Waals surface area contributed by atoms with Crippen molar-refractivity contribution in [2.24, 2.45) is 5.92 Å². The highest BCUT2D eigenvalue weighted by molar-refractivity contribution is 5.99. The molecule has 0 spiro atoms. The van der Waals surface area contributed by atoms with E-state index < -0.39 is 36.2 Å². The first kappa shape index (κ1) is 22.9. The molecule has 0 radical (unpaired) electrons. The minimum Gasteiger partial charge on any atom is -0.496 e. The van der Waals surface area contributed by atoms with E-state index in [0.29, 0.717) is 11.3 Å². The van der Waals surface area contributed by atoms with E-state index in [2.05, 4.69) is 10.6 Å². The molecule has 0 aliphatic heterocycles. The number of hydrogen-bond acceptors (Lipinski definition) is 5. The first-order chi connectivity index (χ1) is 14.3. The van der Waals surface area contributed by atoms with Crippen LogP contribution in [0.4, 0.5) is 4.39 Å². The predicted octanol–water partition coefficient (Wildman–Crippen LogP) is 2.45. The Bertz CT molecular complexity index is 901. The number of rotatable bonds is 9. The molecule has 8 heteroatoms. The third-order valence-corrected chi connectivity index (χ3v) is 4.34. The van der Waals surface area contributed by atoms with E-state index in [-0.39, 0.29) is 18.0 Å². The number of halogens is 1. The lowest BCUT2D eigenvalue weighted by Gasteiger charge is -2.21. The van der Waals surface area contributed by atoms with Crippen molar-refractivity contribution in [1.29, 1.82) is 0 Å². The molecule has 1 atom stereocenters. The van der Waals surface area contributed by atoms with E-state index in [4.69, 9.17) is 9.47 Å². The van der Waals surface area contributed by atoms with Crippen LogP contribution in [0.2, 0.25) is 0 Å². The third kappa shape index (κ3) is 6.30. The van der Waals surface area contributed by atoms with Gasteiger partial charge in [0.15, 0.2) is 6.61 Å². The molecule has 0 saturated carbocycles. The zero-order valence-electron chi connectivity index (χ0n) is 17.1. The molecule has 0 heterocycles. The summed E-state index contributed by atoms with van der Waals surface area (Å²) in [6.07, 6.45) is 0. The van der Waals surface area contributed by atoms with E-state index >= 15 is 0 Å². The Hall–Kier alpha value is -3.42. The van der Waals surface area contributed by atoms with Gasteiger partial charge in [0, 0.05) is 12.1 Å². The van der Waals surface area contributed by atoms with Crippen LogP contribution in [-0.2, 0) is 20.9 Å². The molecule has 0 unspecified atom stereocenters. The Morgan fingerprint density at radius 1 is 1.03 bits per heavy atom. The smallest absolute Gasteiger partial charge is 0.329 e. The van der Waals surface area contributed by atoms with Gasteiger partial charge in [-0.05, 0) is 24.1 Å². The summed E-state index contributed by atoms with van der Waals surface area (Å²) >= 11 is 0. The second-order valence-electron chi connectivity index (χ2n) is 6.87. The number of amides is 2. The summed E-state index contributed by atoms with van der Waals surface area (Å²) < 4.78 is 23.8. The van der Waals surface area contributed by atoms with Crippen LogP contribution in [0, 0.1) is 11.7 Å². The van der Waals surface area contributed by atoms with Crippen molar-refractivity contribution >= 4 is 17.8 Å². The number of nitrogens with one attached hydrogen (secondary N) is 2. The maximum atomic E-state index is 13.6. The molecule has 2 amide bonds. The largest absolute Gasteiger partial charge is 0.496 e. The molecule has 7 nitrogen and oxygen atoms in total. The van der Waals surface area contributed by atoms with E-state index in [1.807, 2.05) is 0 Å². The average Bonchev–Trinajstić information content (AvgIpc) is 2.74. The molecule has 0 aliphatic carbocycles. The number of esters is 1. The second kappa shape index (κ2) is 10.9. The molecule has 2 N–H and O–H groups in total. The van der Waals surface area contributed by atoms with E-state index in [1.165, 1.54) is 13.2 Å². The van der Waals surface area contributed by atoms with Gasteiger partial charge in [0.05, 0.1) is 12.7 Å². The minimum absolute atomic E-state index is 0.0266. The Morgan fingerprint density at radius 3 is 2.37 bits per heavy atom. The van der Waals surface area contributed by atoms with Gasteiger partial charge in [0.2, 0.25) is 0 Å². The number of carbonyl (C=O) groups is 3. The van der Waals surface area contributed by atoms with Crippen LogP contribution >= 0.6 is 0 Å². The molecule has 0 fully saturated rings. The Labute approximate surface area is 174 Å². The number of benzene rings is 2. The minimum atomic E-state index is -0.957. The van der Waals surface area contributed by atoms with Crippen LogP contribution < -0.4 is 15.4 Å². The molecule has 30 heavy (non-hydrogen) atoms. The second-order valence-corrected chi connectivity index (χ2v) is 6.87. The number of hydrogen-bond donors (Lipinski definition) is 2. The fourth-order valence-corrected chi connectivity index (χ4v) is 2.66. The standard InChI is InChI=1S/C22H25FN2O5/c1-14(2)20(25-21(27)16-9-5-7-11-18(16)29-3)22(28)30-13-19(26)24-12-15-8-4-6-10-17(15)23/h4-11,14,20H,12-13H2,1-3H3,(H,24,26)(H,25,27)/t20-/m0/s1. The fraction of sp³-hybridized carbons (Fsp3) is 0.318. The zero-order valence-corrected chi connectivity index (χ0v) is 17.1. The molecular formula is C22H25FN2O5. The van der Waals surface area contributed by atoms with Crippen LogP contribution in [0.25, 0.3) is 0 Å². The summed E-state index contributed by atoms with van der Waals surface area (Å²) in [6, 6.07) is 11.7. The van der Waals surface area contributed by atoms with Gasteiger partial charge in [-0.3, -0.25) is 9.59 Å². The van der Waals surface area contributed by atoms with Crippen molar-refractivity contribution in [2.45, 2.75) is 26.4 Å². The normalized spacial score (nSPS) is 11.5. The Kier molecular flexibility index (Phi) is 8.34. The Morgan fingerprint density at radius 2 is 1.70 bits per heavy atom. The van der Waals surface area contributed by atoms with Crippen molar-refractivity contribution in [2.75, 3.05) is 13.7 Å². The van der Waals surface area contributed by atoms with Gasteiger partial charge in [0.1, 0.15) is 17.6 Å². The van der Waals surface area contributed by atoms with Crippen molar-refractivity contribution in [3.8, 4) is 5.75 Å². The van der Waals surface area contributed by atoms with Crippen molar-refractivity contribution < 1.29 is 28.2 Å². The van der Waals surface area contributed by atoms with Crippen LogP contribution in [0.5, 0.6) is 5.75 Å². The average molecular weight is 416 g/mol. The summed E-state index contributed by atoms with van der Waals surface area (Å²) in [6.45, 7) is 2.92. The van der Waals surface area contributed by atoms with Gasteiger partial charge in [-0.15, -0.1) is 0 Å². The first-order valence-corrected chi connectivity index (χ1v) is 9.44. The summed E-state index contributed by atoms with van der Waals surface area (Å²) in [4.78, 5) is 36.9. The fourth-order valence-electron chi connectivity index (χ4n) is 2.66. The van der Waals surface area contributed by atoms with Gasteiger partial charge in [0.25, 0.3) is 11.8 Å². The lowest BCUT2D eigenvalue weighted by atomic mass is 10.0. The predicted molar refractivity (Wildman–Crippen MR) is 108 cm³/mol. The van der Waals surface area contributed by atoms with Gasteiger partial charge in [-0.25, -0.2) is 9.18 Å². The molecule has 0 bridgehead atoms. The molecular weight excluding hydrogens is 391 g/mol. The van der Waals surface area contributed by atoms with Crippen LogP contribution in [0.3, 0.4) is 0 Å². The topological polar surface area (TPSA) is 93.7 Å². The number of methoxy groups -OCH3 is 1. The van der Waals surface area contributed by atoms with Gasteiger partial charge >= 0.3 is 5.97 Å². The highest BCUT2D eigenvalue weighted by Crippen LogP contribution is 2.18. The van der Waals surface area contributed by atoms with Crippen LogP contribution in [0.15, 0.2) is 48.5 Å². The highest BCUT2D eigenvalue weighted by Gasteiger charge is 2.27. The van der Waals surface area contributed by atoms with Crippen molar-refractivity contribution in [1.82, 2.24) is 10.6 Å². The maximum Gasteiger partial charge on any atom is 0.329 e. The van der Waals surface area contributed by atoms with E-state index in [0.717, 1.165) is 0 Å². The Balaban J connectivity index is 1.91. The first-order valence-electron chi connectivity index (χ1n) is 9.44. The number of carbonyl (C=O) groups excluding carboxylic acids is 3. The quantitative estimate of drug-likeness (QED) is 0.613. The third-order valence-electron chi connectivity index (χ3n) is 4.34. The highest BCUT2D eigenvalue weighted by atomic mass is 19.1. The molecule has 2 aromatic rings. The monoisotopic (exact) mass is 416 g/mol. The summed E-state index contributed by atoms with van der Waals surface area (Å²) in [5, 5.41) is 5.11. The van der Waals surface area contributed by atoms with Crippen LogP contribution in [-0.4, -0.2) is 37.5 Å². The van der Waals surface area contributed by atoms with Gasteiger partial charge in [-0.2, -0.15) is 0 Å². The number of ether oxygens (including phenoxy) is 2. The maximum absolute atomic E-state index is 13.6. The number of para-hydroxylation sites is 1. The van der Waals surface area contributed by atoms with E-state index in [9.17, 15) is 18.8 Å². The van der Waals surface area contributed by atoms with Crippen molar-refractivity contribution in [3.05, 3.63) is 65.5 Å². The summed E-state index contributed by atoms with van der Waals surface area (Å²) in [5.41, 5.74) is 0.599. The molecule has 0 aromatic heterocycles. The lowest BCUT2D eigenvalue weighted by Crippen LogP contribution is -2.46. The molecule has 2 aromatic carbocycles. The molecule has 2 rings (SSSR count). The van der Waals surface area contributed by atoms with Crippen LogP contribution in [0.1, 0.15) is 29.8 Å². The van der Waals surface area contributed by atoms with Crippen molar-refractivity contribution in [3.63, 3.8) is 0 Å². The molecule has 0 aliphatic rings. The SMILES string of the molecule is COc1ccccc1C(=O)N[C@H](C(=O)OCC(=O)NCc1ccccc1F)C(C)C. The molecule has 0 saturated heterocycles. The zero-order chi connectivity index (χ0) is 22.1. The summed E-state index contributed by atoms with van der Waals surface area (Å²) in [7, 11) is 1.44.